The molecular weight excluding hydrogens is 232 g/mol. The number of nitrogens with zero attached hydrogens (tertiary/aromatic N) is 1. The van der Waals surface area contributed by atoms with Crippen molar-refractivity contribution in [1.82, 2.24) is 10.2 Å². The maximum Gasteiger partial charge on any atom is 0.0329 e. The Kier molecular flexibility index (Phi) is 6.02. The van der Waals surface area contributed by atoms with Crippen LogP contribution < -0.4 is 5.32 Å². The van der Waals surface area contributed by atoms with Gasteiger partial charge in [0.25, 0.3) is 0 Å². The molecule has 0 bridgehead atoms. The molecule has 1 unspecified atom stereocenters. The van der Waals surface area contributed by atoms with Crippen molar-refractivity contribution in [1.29, 1.82) is 0 Å². The van der Waals surface area contributed by atoms with Crippen molar-refractivity contribution in [3.05, 3.63) is 35.4 Å². The SMILES string of the molecule is CNC(CCN(C)CC(C)(C)C)c1ccc(C)cc1. The standard InChI is InChI=1S/C17H30N2/c1-14-7-9-15(10-8-14)16(18-5)11-12-19(6)13-17(2,3)4/h7-10,16,18H,11-13H2,1-6H3. The molecule has 1 N–H and O–H groups in total. The van der Waals surface area contributed by atoms with Crippen LogP contribution in [0.2, 0.25) is 0 Å². The number of benzene rings is 1. The molecule has 0 heterocycles. The largest absolute Gasteiger partial charge is 0.313 e. The lowest BCUT2D eigenvalue weighted by Gasteiger charge is -2.28. The van der Waals surface area contributed by atoms with Crippen LogP contribution in [0.15, 0.2) is 24.3 Å². The first-order valence-electron chi connectivity index (χ1n) is 7.24. The molecule has 0 aliphatic carbocycles. The summed E-state index contributed by atoms with van der Waals surface area (Å²) in [6.07, 6.45) is 1.14. The van der Waals surface area contributed by atoms with Crippen molar-refractivity contribution in [2.75, 3.05) is 27.2 Å². The molecule has 1 rings (SSSR count). The Hall–Kier alpha value is -0.860. The molecule has 19 heavy (non-hydrogen) atoms. The van der Waals surface area contributed by atoms with Crippen LogP contribution in [0.3, 0.4) is 0 Å². The van der Waals surface area contributed by atoms with Gasteiger partial charge in [0.1, 0.15) is 0 Å². The maximum atomic E-state index is 3.43. The van der Waals surface area contributed by atoms with Gasteiger partial charge in [0.15, 0.2) is 0 Å². The Balaban J connectivity index is 2.51. The minimum absolute atomic E-state index is 0.369. The predicted octanol–water partition coefficient (Wildman–Crippen LogP) is 3.62. The molecule has 0 aliphatic heterocycles. The first kappa shape index (κ1) is 16.2. The van der Waals surface area contributed by atoms with Gasteiger partial charge in [-0.25, -0.2) is 0 Å². The van der Waals surface area contributed by atoms with E-state index in [1.54, 1.807) is 0 Å². The molecule has 1 aromatic rings. The first-order valence-corrected chi connectivity index (χ1v) is 7.24. The van der Waals surface area contributed by atoms with E-state index < -0.39 is 0 Å². The van der Waals surface area contributed by atoms with Gasteiger partial charge in [0.05, 0.1) is 0 Å². The highest BCUT2D eigenvalue weighted by molar-refractivity contribution is 5.24. The van der Waals surface area contributed by atoms with E-state index in [0.717, 1.165) is 19.5 Å². The summed E-state index contributed by atoms with van der Waals surface area (Å²) in [6.45, 7) is 11.3. The van der Waals surface area contributed by atoms with E-state index in [2.05, 4.69) is 69.2 Å². The van der Waals surface area contributed by atoms with Crippen molar-refractivity contribution in [2.45, 2.75) is 40.2 Å². The monoisotopic (exact) mass is 262 g/mol. The average Bonchev–Trinajstić information content (AvgIpc) is 2.29. The highest BCUT2D eigenvalue weighted by Crippen LogP contribution is 2.19. The van der Waals surface area contributed by atoms with E-state index >= 15 is 0 Å². The quantitative estimate of drug-likeness (QED) is 0.842. The average molecular weight is 262 g/mol. The zero-order valence-electron chi connectivity index (χ0n) is 13.5. The molecule has 0 aliphatic rings. The van der Waals surface area contributed by atoms with Crippen molar-refractivity contribution in [3.8, 4) is 0 Å². The van der Waals surface area contributed by atoms with Crippen LogP contribution in [-0.2, 0) is 0 Å². The third-order valence-electron chi connectivity index (χ3n) is 3.37. The molecule has 2 nitrogen and oxygen atoms in total. The summed E-state index contributed by atoms with van der Waals surface area (Å²) in [4.78, 5) is 2.43. The Labute approximate surface area is 119 Å². The van der Waals surface area contributed by atoms with E-state index in [1.807, 2.05) is 7.05 Å². The lowest BCUT2D eigenvalue weighted by atomic mass is 9.96. The molecule has 0 fully saturated rings. The van der Waals surface area contributed by atoms with Gasteiger partial charge in [0.2, 0.25) is 0 Å². The predicted molar refractivity (Wildman–Crippen MR) is 84.5 cm³/mol. The molecular formula is C17H30N2. The molecule has 0 radical (unpaired) electrons. The summed E-state index contributed by atoms with van der Waals surface area (Å²) in [7, 11) is 4.27. The number of hydrogen-bond acceptors (Lipinski definition) is 2. The first-order chi connectivity index (χ1) is 8.81. The van der Waals surface area contributed by atoms with Gasteiger partial charge >= 0.3 is 0 Å². The van der Waals surface area contributed by atoms with Crippen LogP contribution in [0, 0.1) is 12.3 Å². The molecule has 0 saturated carbocycles. The molecule has 0 aromatic heterocycles. The van der Waals surface area contributed by atoms with E-state index in [-0.39, 0.29) is 0 Å². The Morgan fingerprint density at radius 1 is 1.16 bits per heavy atom. The van der Waals surface area contributed by atoms with Gasteiger partial charge in [0, 0.05) is 12.6 Å². The number of hydrogen-bond donors (Lipinski definition) is 1. The van der Waals surface area contributed by atoms with Crippen molar-refractivity contribution in [2.24, 2.45) is 5.41 Å². The Morgan fingerprint density at radius 2 is 1.74 bits per heavy atom. The normalized spacial score (nSPS) is 13.8. The van der Waals surface area contributed by atoms with Crippen LogP contribution in [0.25, 0.3) is 0 Å². The Morgan fingerprint density at radius 3 is 2.21 bits per heavy atom. The van der Waals surface area contributed by atoms with E-state index in [4.69, 9.17) is 0 Å². The molecule has 108 valence electrons. The summed E-state index contributed by atoms with van der Waals surface area (Å²) < 4.78 is 0. The second-order valence-electron chi connectivity index (χ2n) is 6.84. The smallest absolute Gasteiger partial charge is 0.0329 e. The van der Waals surface area contributed by atoms with Crippen LogP contribution in [0.4, 0.5) is 0 Å². The molecule has 1 aromatic carbocycles. The fourth-order valence-electron chi connectivity index (χ4n) is 2.51. The maximum absolute atomic E-state index is 3.43. The van der Waals surface area contributed by atoms with E-state index in [0.29, 0.717) is 11.5 Å². The number of aryl methyl sites for hydroxylation is 1. The lowest BCUT2D eigenvalue weighted by Crippen LogP contribution is -2.32. The zero-order valence-corrected chi connectivity index (χ0v) is 13.5. The molecule has 0 spiro atoms. The van der Waals surface area contributed by atoms with Crippen LogP contribution >= 0.6 is 0 Å². The van der Waals surface area contributed by atoms with E-state index in [1.165, 1.54) is 11.1 Å². The fraction of sp³-hybridized carbons (Fsp3) is 0.647. The highest BCUT2D eigenvalue weighted by Gasteiger charge is 2.15. The fourth-order valence-corrected chi connectivity index (χ4v) is 2.51. The van der Waals surface area contributed by atoms with Gasteiger partial charge in [-0.2, -0.15) is 0 Å². The summed E-state index contributed by atoms with van der Waals surface area (Å²) >= 11 is 0. The summed E-state index contributed by atoms with van der Waals surface area (Å²) in [5.41, 5.74) is 3.08. The minimum Gasteiger partial charge on any atom is -0.313 e. The Bertz CT molecular complexity index is 362. The summed E-state index contributed by atoms with van der Waals surface area (Å²) in [6, 6.07) is 9.31. The topological polar surface area (TPSA) is 15.3 Å². The van der Waals surface area contributed by atoms with Gasteiger partial charge < -0.3 is 10.2 Å². The highest BCUT2D eigenvalue weighted by atomic mass is 15.1. The van der Waals surface area contributed by atoms with Crippen LogP contribution in [0.1, 0.15) is 44.4 Å². The van der Waals surface area contributed by atoms with Crippen molar-refractivity contribution in [3.63, 3.8) is 0 Å². The third kappa shape index (κ3) is 6.22. The minimum atomic E-state index is 0.369. The second kappa shape index (κ2) is 7.06. The zero-order chi connectivity index (χ0) is 14.5. The van der Waals surface area contributed by atoms with Crippen molar-refractivity contribution >= 4 is 0 Å². The second-order valence-corrected chi connectivity index (χ2v) is 6.84. The number of rotatable bonds is 6. The van der Waals surface area contributed by atoms with Crippen LogP contribution in [-0.4, -0.2) is 32.1 Å². The van der Waals surface area contributed by atoms with Gasteiger partial charge in [-0.3, -0.25) is 0 Å². The lowest BCUT2D eigenvalue weighted by molar-refractivity contribution is 0.218. The van der Waals surface area contributed by atoms with Gasteiger partial charge in [-0.1, -0.05) is 50.6 Å². The molecule has 0 saturated heterocycles. The third-order valence-corrected chi connectivity index (χ3v) is 3.37. The molecule has 2 heteroatoms. The summed E-state index contributed by atoms with van der Waals surface area (Å²) in [5.74, 6) is 0. The van der Waals surface area contributed by atoms with Crippen molar-refractivity contribution < 1.29 is 0 Å². The number of nitrogens with one attached hydrogen (secondary N) is 1. The van der Waals surface area contributed by atoms with Gasteiger partial charge in [-0.05, 0) is 45.0 Å². The molecule has 0 amide bonds. The van der Waals surface area contributed by atoms with E-state index in [9.17, 15) is 0 Å². The van der Waals surface area contributed by atoms with Gasteiger partial charge in [-0.15, -0.1) is 0 Å². The summed E-state index contributed by atoms with van der Waals surface area (Å²) in [5, 5.41) is 3.43. The van der Waals surface area contributed by atoms with Crippen LogP contribution in [0.5, 0.6) is 0 Å². The molecule has 1 atom stereocenters.